The van der Waals surface area contributed by atoms with Gasteiger partial charge < -0.3 is 21.1 Å². The molecule has 0 saturated carbocycles. The van der Waals surface area contributed by atoms with Crippen molar-refractivity contribution in [1.29, 1.82) is 0 Å². The van der Waals surface area contributed by atoms with Crippen LogP contribution in [-0.4, -0.2) is 36.2 Å². The van der Waals surface area contributed by atoms with E-state index in [1.54, 1.807) is 7.11 Å². The summed E-state index contributed by atoms with van der Waals surface area (Å²) < 4.78 is 5.06. The Labute approximate surface area is 124 Å². The van der Waals surface area contributed by atoms with Gasteiger partial charge in [0.05, 0.1) is 12.6 Å². The number of methoxy groups -OCH3 is 1. The minimum Gasteiger partial charge on any atom is -0.383 e. The van der Waals surface area contributed by atoms with E-state index in [1.807, 2.05) is 27.7 Å². The van der Waals surface area contributed by atoms with Crippen LogP contribution in [0.15, 0.2) is 0 Å². The Morgan fingerprint density at radius 2 is 2.15 bits per heavy atom. The molecular formula is C13H24N4O2S. The molecule has 7 heteroatoms. The number of rotatable bonds is 6. The largest absolute Gasteiger partial charge is 0.383 e. The first-order valence-corrected chi connectivity index (χ1v) is 7.42. The van der Waals surface area contributed by atoms with Gasteiger partial charge in [0.15, 0.2) is 5.13 Å². The minimum absolute atomic E-state index is 0.0203. The number of hydrogen-bond donors (Lipinski definition) is 3. The fraction of sp³-hybridized carbons (Fsp3) is 0.692. The van der Waals surface area contributed by atoms with Gasteiger partial charge in [0.2, 0.25) is 0 Å². The van der Waals surface area contributed by atoms with Gasteiger partial charge in [-0.25, -0.2) is 4.98 Å². The second-order valence-electron chi connectivity index (χ2n) is 5.64. The second-order valence-corrected chi connectivity index (χ2v) is 6.64. The molecule has 0 spiro atoms. The van der Waals surface area contributed by atoms with Crippen LogP contribution in [0.5, 0.6) is 0 Å². The Bertz CT molecular complexity index is 454. The molecule has 20 heavy (non-hydrogen) atoms. The third-order valence-electron chi connectivity index (χ3n) is 2.54. The maximum atomic E-state index is 12.2. The Kier molecular flexibility index (Phi) is 5.76. The quantitative estimate of drug-likeness (QED) is 0.748. The Hall–Kier alpha value is -1.34. The van der Waals surface area contributed by atoms with Gasteiger partial charge in [-0.2, -0.15) is 0 Å². The molecule has 4 N–H and O–H groups in total. The van der Waals surface area contributed by atoms with Gasteiger partial charge >= 0.3 is 0 Å². The lowest BCUT2D eigenvalue weighted by Gasteiger charge is -2.19. The predicted octanol–water partition coefficient (Wildman–Crippen LogP) is 2.09. The van der Waals surface area contributed by atoms with Gasteiger partial charge in [-0.1, -0.05) is 18.3 Å². The predicted molar refractivity (Wildman–Crippen MR) is 83.3 cm³/mol. The maximum absolute atomic E-state index is 12.2. The highest BCUT2D eigenvalue weighted by Crippen LogP contribution is 2.27. The van der Waals surface area contributed by atoms with E-state index in [0.29, 0.717) is 16.6 Å². The zero-order chi connectivity index (χ0) is 15.3. The molecule has 1 aromatic heterocycles. The summed E-state index contributed by atoms with van der Waals surface area (Å²) in [5, 5.41) is 6.76. The van der Waals surface area contributed by atoms with Gasteiger partial charge in [0, 0.05) is 12.6 Å². The summed E-state index contributed by atoms with van der Waals surface area (Å²) in [6, 6.07) is -0.0203. The van der Waals surface area contributed by atoms with Crippen LogP contribution in [0.4, 0.5) is 10.9 Å². The molecular weight excluding hydrogens is 276 g/mol. The highest BCUT2D eigenvalue weighted by molar-refractivity contribution is 7.18. The number of thiazole rings is 1. The average Bonchev–Trinajstić information content (AvgIpc) is 2.67. The van der Waals surface area contributed by atoms with Crippen LogP contribution in [0, 0.1) is 0 Å². The second kappa shape index (κ2) is 6.90. The molecule has 0 saturated heterocycles. The number of amides is 1. The van der Waals surface area contributed by atoms with Crippen LogP contribution in [0.3, 0.4) is 0 Å². The first kappa shape index (κ1) is 16.7. The summed E-state index contributed by atoms with van der Waals surface area (Å²) in [5.41, 5.74) is 5.69. The van der Waals surface area contributed by atoms with E-state index < -0.39 is 0 Å². The molecule has 0 aliphatic rings. The van der Waals surface area contributed by atoms with Gasteiger partial charge in [-0.3, -0.25) is 4.79 Å². The van der Waals surface area contributed by atoms with Crippen molar-refractivity contribution in [2.24, 2.45) is 0 Å². The smallest absolute Gasteiger partial charge is 0.265 e. The molecule has 114 valence electrons. The van der Waals surface area contributed by atoms with Crippen molar-refractivity contribution in [2.75, 3.05) is 24.8 Å². The maximum Gasteiger partial charge on any atom is 0.265 e. The molecule has 0 aromatic carbocycles. The third-order valence-corrected chi connectivity index (χ3v) is 3.52. The van der Waals surface area contributed by atoms with Crippen molar-refractivity contribution < 1.29 is 9.53 Å². The summed E-state index contributed by atoms with van der Waals surface area (Å²) >= 11 is 1.26. The van der Waals surface area contributed by atoms with Crippen molar-refractivity contribution in [3.8, 4) is 0 Å². The summed E-state index contributed by atoms with van der Waals surface area (Å²) in [5.74, 6) is 0.0531. The van der Waals surface area contributed by atoms with Crippen molar-refractivity contribution in [2.45, 2.75) is 45.7 Å². The topological polar surface area (TPSA) is 89.3 Å². The molecule has 0 aliphatic heterocycles. The monoisotopic (exact) mass is 300 g/mol. The van der Waals surface area contributed by atoms with Gasteiger partial charge in [0.1, 0.15) is 10.7 Å². The normalized spacial score (nSPS) is 13.1. The fourth-order valence-electron chi connectivity index (χ4n) is 1.58. The summed E-state index contributed by atoms with van der Waals surface area (Å²) in [6.07, 6.45) is 0.797. The molecule has 1 heterocycles. The molecule has 1 rings (SSSR count). The number of ether oxygens (including phenoxy) is 1. The van der Waals surface area contributed by atoms with Crippen LogP contribution in [0.25, 0.3) is 0 Å². The molecule has 0 radical (unpaired) electrons. The SMILES string of the molecule is CCC(COC)NC(=O)c1sc(NC(C)(C)C)nc1N. The van der Waals surface area contributed by atoms with Crippen LogP contribution in [0.2, 0.25) is 0 Å². The fourth-order valence-corrected chi connectivity index (χ4v) is 2.58. The number of nitrogens with zero attached hydrogens (tertiary/aromatic N) is 1. The average molecular weight is 300 g/mol. The summed E-state index contributed by atoms with van der Waals surface area (Å²) in [4.78, 5) is 16.8. The van der Waals surface area contributed by atoms with Crippen LogP contribution >= 0.6 is 11.3 Å². The van der Waals surface area contributed by atoms with Crippen molar-refractivity contribution in [3.05, 3.63) is 4.88 Å². The number of nitrogens with one attached hydrogen (secondary N) is 2. The van der Waals surface area contributed by atoms with Crippen LogP contribution in [0.1, 0.15) is 43.8 Å². The molecule has 0 fully saturated rings. The number of aromatic nitrogens is 1. The lowest BCUT2D eigenvalue weighted by atomic mass is 10.1. The van der Waals surface area contributed by atoms with E-state index in [4.69, 9.17) is 10.5 Å². The molecule has 0 aliphatic carbocycles. The van der Waals surface area contributed by atoms with Gasteiger partial charge in [-0.15, -0.1) is 0 Å². The van der Waals surface area contributed by atoms with Crippen LogP contribution in [-0.2, 0) is 4.74 Å². The van der Waals surface area contributed by atoms with Crippen molar-refractivity contribution in [3.63, 3.8) is 0 Å². The lowest BCUT2D eigenvalue weighted by Crippen LogP contribution is -2.37. The number of nitrogens with two attached hydrogens (primary N) is 1. The van der Waals surface area contributed by atoms with E-state index in [9.17, 15) is 4.79 Å². The molecule has 1 amide bonds. The number of anilines is 2. The van der Waals surface area contributed by atoms with Crippen molar-refractivity contribution >= 4 is 28.2 Å². The summed E-state index contributed by atoms with van der Waals surface area (Å²) in [6.45, 7) is 8.54. The van der Waals surface area contributed by atoms with Gasteiger partial charge in [0.25, 0.3) is 5.91 Å². The van der Waals surface area contributed by atoms with Gasteiger partial charge in [-0.05, 0) is 27.2 Å². The molecule has 1 aromatic rings. The zero-order valence-electron chi connectivity index (χ0n) is 12.7. The number of carbonyl (C=O) groups excluding carboxylic acids is 1. The molecule has 6 nitrogen and oxygen atoms in total. The molecule has 1 unspecified atom stereocenters. The number of carbonyl (C=O) groups is 1. The zero-order valence-corrected chi connectivity index (χ0v) is 13.6. The Morgan fingerprint density at radius 1 is 1.50 bits per heavy atom. The highest BCUT2D eigenvalue weighted by atomic mass is 32.1. The van der Waals surface area contributed by atoms with Crippen LogP contribution < -0.4 is 16.4 Å². The molecule has 0 bridgehead atoms. The lowest BCUT2D eigenvalue weighted by molar-refractivity contribution is 0.0899. The van der Waals surface area contributed by atoms with E-state index in [0.717, 1.165) is 6.42 Å². The van der Waals surface area contributed by atoms with E-state index in [1.165, 1.54) is 11.3 Å². The highest BCUT2D eigenvalue weighted by Gasteiger charge is 2.20. The first-order valence-electron chi connectivity index (χ1n) is 6.61. The number of hydrogen-bond acceptors (Lipinski definition) is 6. The van der Waals surface area contributed by atoms with E-state index >= 15 is 0 Å². The first-order chi connectivity index (χ1) is 9.26. The third kappa shape index (κ3) is 4.97. The summed E-state index contributed by atoms with van der Waals surface area (Å²) in [7, 11) is 1.61. The molecule has 1 atom stereocenters. The van der Waals surface area contributed by atoms with Crippen molar-refractivity contribution in [1.82, 2.24) is 10.3 Å². The van der Waals surface area contributed by atoms with E-state index in [2.05, 4.69) is 15.6 Å². The minimum atomic E-state index is -0.203. The Morgan fingerprint density at radius 3 is 2.65 bits per heavy atom. The van der Waals surface area contributed by atoms with E-state index in [-0.39, 0.29) is 23.3 Å². The standard InChI is InChI=1S/C13H24N4O2S/c1-6-8(7-19-5)15-11(18)9-10(14)16-12(20-9)17-13(2,3)4/h8H,6-7,14H2,1-5H3,(H,15,18)(H,16,17). The number of nitrogen functional groups attached to an aromatic ring is 1. The Balaban J connectivity index is 2.78.